The molecule has 1 rings (SSSR count). The molecule has 7 heteroatoms. The van der Waals surface area contributed by atoms with Gasteiger partial charge in [0.1, 0.15) is 5.82 Å². The van der Waals surface area contributed by atoms with E-state index in [2.05, 4.69) is 15.9 Å². The van der Waals surface area contributed by atoms with Crippen LogP contribution in [0.15, 0.2) is 22.7 Å². The highest BCUT2D eigenvalue weighted by atomic mass is 79.9. The van der Waals surface area contributed by atoms with E-state index in [0.29, 0.717) is 4.47 Å². The normalized spacial score (nSPS) is 12.0. The third kappa shape index (κ3) is 3.01. The molecule has 1 unspecified atom stereocenters. The first-order chi connectivity index (χ1) is 7.84. The van der Waals surface area contributed by atoms with Crippen LogP contribution in [0.1, 0.15) is 0 Å². The number of hydrogen-bond donors (Lipinski definition) is 2. The molecule has 0 saturated heterocycles. The number of rotatable bonds is 3. The molecule has 0 radical (unpaired) electrons. The average Bonchev–Trinajstić information content (AvgIpc) is 2.29. The van der Waals surface area contributed by atoms with Crippen LogP contribution < -0.4 is 10.6 Å². The zero-order chi connectivity index (χ0) is 13.2. The van der Waals surface area contributed by atoms with Crippen LogP contribution in [0.2, 0.25) is 0 Å². The van der Waals surface area contributed by atoms with Crippen molar-refractivity contribution in [2.75, 3.05) is 11.9 Å². The van der Waals surface area contributed by atoms with Crippen molar-refractivity contribution in [2.24, 2.45) is 5.73 Å². The smallest absolute Gasteiger partial charge is 0.330 e. The number of carboxylic acid groups (broad SMARTS) is 1. The summed E-state index contributed by atoms with van der Waals surface area (Å²) in [6.07, 6.45) is 0. The average molecular weight is 305 g/mol. The second-order valence-corrected chi connectivity index (χ2v) is 4.22. The van der Waals surface area contributed by atoms with Crippen molar-refractivity contribution in [2.45, 2.75) is 6.04 Å². The highest BCUT2D eigenvalue weighted by molar-refractivity contribution is 9.10. The molecule has 0 spiro atoms. The molecule has 1 amide bonds. The Hall–Kier alpha value is -1.47. The van der Waals surface area contributed by atoms with Crippen LogP contribution in [-0.2, 0) is 9.59 Å². The number of anilines is 1. The first-order valence-electron chi connectivity index (χ1n) is 4.55. The molecule has 1 atom stereocenters. The summed E-state index contributed by atoms with van der Waals surface area (Å²) in [6.45, 7) is 0. The Bertz CT molecular complexity index is 467. The summed E-state index contributed by atoms with van der Waals surface area (Å²) in [5.74, 6) is -2.99. The maximum absolute atomic E-state index is 13.4. The number of likely N-dealkylation sites (N-methyl/N-ethyl adjacent to an activating group) is 1. The van der Waals surface area contributed by atoms with E-state index in [0.717, 1.165) is 11.0 Å². The fourth-order valence-corrected chi connectivity index (χ4v) is 1.52. The van der Waals surface area contributed by atoms with Crippen molar-refractivity contribution in [1.82, 2.24) is 0 Å². The minimum Gasteiger partial charge on any atom is -0.480 e. The van der Waals surface area contributed by atoms with Gasteiger partial charge in [-0.05, 0) is 18.2 Å². The molecule has 1 aromatic rings. The van der Waals surface area contributed by atoms with Gasteiger partial charge in [-0.2, -0.15) is 0 Å². The van der Waals surface area contributed by atoms with Gasteiger partial charge in [-0.25, -0.2) is 9.18 Å². The quantitative estimate of drug-likeness (QED) is 0.815. The first kappa shape index (κ1) is 13.6. The molecule has 0 aliphatic rings. The predicted octanol–water partition coefficient (Wildman–Crippen LogP) is 0.963. The Labute approximate surface area is 105 Å². The highest BCUT2D eigenvalue weighted by Crippen LogP contribution is 2.23. The monoisotopic (exact) mass is 304 g/mol. The molecule has 3 N–H and O–H groups in total. The standard InChI is InChI=1S/C10H10BrFN2O3/c1-14(9(15)8(13)10(16)17)7-4-5(11)2-3-6(7)12/h2-4,8H,13H2,1H3,(H,16,17). The van der Waals surface area contributed by atoms with Crippen LogP contribution in [0.3, 0.4) is 0 Å². The van der Waals surface area contributed by atoms with Crippen LogP contribution in [-0.4, -0.2) is 30.1 Å². The van der Waals surface area contributed by atoms with Crippen molar-refractivity contribution in [3.05, 3.63) is 28.5 Å². The summed E-state index contributed by atoms with van der Waals surface area (Å²) < 4.78 is 14.0. The van der Waals surface area contributed by atoms with Crippen molar-refractivity contribution >= 4 is 33.5 Å². The van der Waals surface area contributed by atoms with Gasteiger partial charge in [0.05, 0.1) is 5.69 Å². The Morgan fingerprint density at radius 2 is 2.12 bits per heavy atom. The minimum absolute atomic E-state index is 0.0407. The number of aliphatic carboxylic acids is 1. The van der Waals surface area contributed by atoms with Crippen LogP contribution >= 0.6 is 15.9 Å². The van der Waals surface area contributed by atoms with Gasteiger partial charge in [-0.15, -0.1) is 0 Å². The summed E-state index contributed by atoms with van der Waals surface area (Å²) in [5, 5.41) is 8.60. The Kier molecular flexibility index (Phi) is 4.19. The van der Waals surface area contributed by atoms with Gasteiger partial charge >= 0.3 is 5.97 Å². The number of carboxylic acids is 1. The lowest BCUT2D eigenvalue weighted by Gasteiger charge is -2.20. The van der Waals surface area contributed by atoms with Gasteiger partial charge in [0, 0.05) is 11.5 Å². The summed E-state index contributed by atoms with van der Waals surface area (Å²) in [6, 6.07) is 2.28. The van der Waals surface area contributed by atoms with Crippen LogP contribution in [0.25, 0.3) is 0 Å². The molecule has 0 saturated carbocycles. The summed E-state index contributed by atoms with van der Waals surface area (Å²) in [5.41, 5.74) is 5.12. The molecular weight excluding hydrogens is 295 g/mol. The minimum atomic E-state index is -1.71. The van der Waals surface area contributed by atoms with Crippen LogP contribution in [0.4, 0.5) is 10.1 Å². The summed E-state index contributed by atoms with van der Waals surface area (Å²) in [4.78, 5) is 23.0. The number of nitrogens with zero attached hydrogens (tertiary/aromatic N) is 1. The number of carbonyl (C=O) groups is 2. The molecule has 17 heavy (non-hydrogen) atoms. The molecule has 0 aromatic heterocycles. The van der Waals surface area contributed by atoms with E-state index in [1.807, 2.05) is 0 Å². The van der Waals surface area contributed by atoms with Crippen molar-refractivity contribution < 1.29 is 19.1 Å². The van der Waals surface area contributed by atoms with Crippen LogP contribution in [0, 0.1) is 5.82 Å². The third-order valence-electron chi connectivity index (χ3n) is 2.13. The molecule has 0 bridgehead atoms. The molecule has 92 valence electrons. The van der Waals surface area contributed by atoms with Gasteiger partial charge in [-0.3, -0.25) is 4.79 Å². The second-order valence-electron chi connectivity index (χ2n) is 3.31. The molecule has 1 aromatic carbocycles. The van der Waals surface area contributed by atoms with Gasteiger partial charge in [-0.1, -0.05) is 15.9 Å². The molecule has 5 nitrogen and oxygen atoms in total. The van der Waals surface area contributed by atoms with E-state index in [9.17, 15) is 14.0 Å². The molecule has 0 aliphatic heterocycles. The second kappa shape index (κ2) is 5.24. The van der Waals surface area contributed by atoms with E-state index in [1.165, 1.54) is 19.2 Å². The predicted molar refractivity (Wildman–Crippen MR) is 63.1 cm³/mol. The Morgan fingerprint density at radius 3 is 2.65 bits per heavy atom. The fourth-order valence-electron chi connectivity index (χ4n) is 1.18. The Morgan fingerprint density at radius 1 is 1.53 bits per heavy atom. The van der Waals surface area contributed by atoms with E-state index >= 15 is 0 Å². The summed E-state index contributed by atoms with van der Waals surface area (Å²) >= 11 is 3.13. The van der Waals surface area contributed by atoms with Gasteiger partial charge < -0.3 is 15.7 Å². The molecule has 0 heterocycles. The highest BCUT2D eigenvalue weighted by Gasteiger charge is 2.26. The van der Waals surface area contributed by atoms with Gasteiger partial charge in [0.15, 0.2) is 6.04 Å². The molecule has 0 aliphatic carbocycles. The third-order valence-corrected chi connectivity index (χ3v) is 2.63. The maximum Gasteiger partial charge on any atom is 0.330 e. The molecular formula is C10H10BrFN2O3. The van der Waals surface area contributed by atoms with Crippen molar-refractivity contribution in [3.8, 4) is 0 Å². The number of nitrogens with two attached hydrogens (primary N) is 1. The lowest BCUT2D eigenvalue weighted by Crippen LogP contribution is -2.47. The van der Waals surface area contributed by atoms with E-state index in [-0.39, 0.29) is 5.69 Å². The molecule has 0 fully saturated rings. The zero-order valence-corrected chi connectivity index (χ0v) is 10.4. The Balaban J connectivity index is 3.04. The lowest BCUT2D eigenvalue weighted by atomic mass is 10.2. The van der Waals surface area contributed by atoms with E-state index in [1.54, 1.807) is 0 Å². The maximum atomic E-state index is 13.4. The zero-order valence-electron chi connectivity index (χ0n) is 8.85. The SMILES string of the molecule is CN(C(=O)C(N)C(=O)O)c1cc(Br)ccc1F. The van der Waals surface area contributed by atoms with E-state index < -0.39 is 23.7 Å². The first-order valence-corrected chi connectivity index (χ1v) is 5.35. The van der Waals surface area contributed by atoms with E-state index in [4.69, 9.17) is 10.8 Å². The number of carbonyl (C=O) groups excluding carboxylic acids is 1. The van der Waals surface area contributed by atoms with Crippen LogP contribution in [0.5, 0.6) is 0 Å². The lowest BCUT2D eigenvalue weighted by molar-refractivity contribution is -0.142. The number of hydrogen-bond acceptors (Lipinski definition) is 3. The largest absolute Gasteiger partial charge is 0.480 e. The van der Waals surface area contributed by atoms with Crippen molar-refractivity contribution in [3.63, 3.8) is 0 Å². The van der Waals surface area contributed by atoms with Crippen molar-refractivity contribution in [1.29, 1.82) is 0 Å². The van der Waals surface area contributed by atoms with Gasteiger partial charge in [0.2, 0.25) is 0 Å². The van der Waals surface area contributed by atoms with Gasteiger partial charge in [0.25, 0.3) is 5.91 Å². The topological polar surface area (TPSA) is 83.6 Å². The number of halogens is 2. The number of benzene rings is 1. The number of amides is 1. The summed E-state index contributed by atoms with van der Waals surface area (Å²) in [7, 11) is 1.26. The fraction of sp³-hybridized carbons (Fsp3) is 0.200.